The van der Waals surface area contributed by atoms with Gasteiger partial charge in [-0.05, 0) is 93.5 Å². The van der Waals surface area contributed by atoms with Crippen molar-refractivity contribution in [2.45, 2.75) is 0 Å². The molecule has 11 rings (SSSR count). The van der Waals surface area contributed by atoms with Crippen molar-refractivity contribution in [1.82, 2.24) is 0 Å². The van der Waals surface area contributed by atoms with E-state index in [0.29, 0.717) is 0 Å². The van der Waals surface area contributed by atoms with E-state index in [4.69, 9.17) is 4.42 Å². The number of benzene rings is 9. The molecule has 57 heavy (non-hydrogen) atoms. The maximum absolute atomic E-state index is 6.47. The quantitative estimate of drug-likeness (QED) is 0.162. The molecular weight excluding hydrogens is 711 g/mol. The van der Waals surface area contributed by atoms with E-state index in [1.54, 1.807) is 0 Å². The minimum atomic E-state index is 0.862. The molecule has 11 aromatic rings. The number of thiophene rings is 1. The van der Waals surface area contributed by atoms with Crippen LogP contribution < -0.4 is 4.90 Å². The Balaban J connectivity index is 1.11. The van der Waals surface area contributed by atoms with Gasteiger partial charge in [0.25, 0.3) is 0 Å². The maximum atomic E-state index is 6.47. The number of hydrogen-bond acceptors (Lipinski definition) is 3. The predicted molar refractivity (Wildman–Crippen MR) is 243 cm³/mol. The van der Waals surface area contributed by atoms with Crippen molar-refractivity contribution in [2.24, 2.45) is 0 Å². The van der Waals surface area contributed by atoms with Crippen molar-refractivity contribution in [3.8, 4) is 44.5 Å². The number of fused-ring (bicyclic) bond motifs is 6. The van der Waals surface area contributed by atoms with Gasteiger partial charge >= 0.3 is 0 Å². The lowest BCUT2D eigenvalue weighted by molar-refractivity contribution is 0.669. The largest absolute Gasteiger partial charge is 0.456 e. The van der Waals surface area contributed by atoms with Gasteiger partial charge in [0.05, 0.1) is 16.8 Å². The SMILES string of the molecule is c1ccc(-c2ccccc2-c2ccccc2-c2ccccc2N(c2ccc(-c3ccc4sc5ccccc5c4c3)cc2)c2cccc3oc4ccccc4c23)cc1. The van der Waals surface area contributed by atoms with Crippen LogP contribution in [0, 0.1) is 0 Å². The van der Waals surface area contributed by atoms with Gasteiger partial charge in [0.15, 0.2) is 0 Å². The van der Waals surface area contributed by atoms with Crippen LogP contribution >= 0.6 is 11.3 Å². The lowest BCUT2D eigenvalue weighted by Gasteiger charge is -2.29. The number of nitrogens with zero attached hydrogens (tertiary/aromatic N) is 1. The van der Waals surface area contributed by atoms with E-state index in [1.807, 2.05) is 17.4 Å². The number of para-hydroxylation sites is 2. The summed E-state index contributed by atoms with van der Waals surface area (Å²) in [7, 11) is 0. The van der Waals surface area contributed by atoms with Gasteiger partial charge in [-0.15, -0.1) is 11.3 Å². The van der Waals surface area contributed by atoms with E-state index in [9.17, 15) is 0 Å². The third-order valence-electron chi connectivity index (χ3n) is 11.1. The van der Waals surface area contributed by atoms with Gasteiger partial charge in [-0.25, -0.2) is 0 Å². The van der Waals surface area contributed by atoms with E-state index < -0.39 is 0 Å². The summed E-state index contributed by atoms with van der Waals surface area (Å²) in [5, 5.41) is 4.80. The van der Waals surface area contributed by atoms with Crippen molar-refractivity contribution in [3.05, 3.63) is 212 Å². The first-order chi connectivity index (χ1) is 28.3. The van der Waals surface area contributed by atoms with Gasteiger partial charge in [-0.3, -0.25) is 0 Å². The van der Waals surface area contributed by atoms with Crippen LogP contribution in [0.25, 0.3) is 86.6 Å². The van der Waals surface area contributed by atoms with E-state index in [2.05, 4.69) is 211 Å². The molecule has 0 saturated carbocycles. The smallest absolute Gasteiger partial charge is 0.137 e. The maximum Gasteiger partial charge on any atom is 0.137 e. The van der Waals surface area contributed by atoms with Crippen LogP contribution in [0.5, 0.6) is 0 Å². The van der Waals surface area contributed by atoms with Crippen molar-refractivity contribution in [2.75, 3.05) is 4.90 Å². The summed E-state index contributed by atoms with van der Waals surface area (Å²) in [5.41, 5.74) is 14.4. The zero-order valence-corrected chi connectivity index (χ0v) is 31.8. The van der Waals surface area contributed by atoms with Crippen LogP contribution in [-0.4, -0.2) is 0 Å². The molecule has 0 spiro atoms. The highest BCUT2D eigenvalue weighted by Crippen LogP contribution is 2.48. The zero-order valence-electron chi connectivity index (χ0n) is 31.0. The highest BCUT2D eigenvalue weighted by Gasteiger charge is 2.23. The Morgan fingerprint density at radius 2 is 0.895 bits per heavy atom. The molecular formula is C54H35NOS. The average Bonchev–Trinajstić information content (AvgIpc) is 3.86. The molecule has 268 valence electrons. The summed E-state index contributed by atoms with van der Waals surface area (Å²) >= 11 is 1.85. The van der Waals surface area contributed by atoms with Crippen LogP contribution in [0.4, 0.5) is 17.1 Å². The third kappa shape index (κ3) is 5.71. The second-order valence-electron chi connectivity index (χ2n) is 14.4. The normalized spacial score (nSPS) is 11.5. The highest BCUT2D eigenvalue weighted by atomic mass is 32.1. The van der Waals surface area contributed by atoms with Crippen molar-refractivity contribution in [1.29, 1.82) is 0 Å². The van der Waals surface area contributed by atoms with Crippen LogP contribution in [0.2, 0.25) is 0 Å². The Hall–Kier alpha value is -7.20. The van der Waals surface area contributed by atoms with E-state index >= 15 is 0 Å². The van der Waals surface area contributed by atoms with Crippen molar-refractivity contribution < 1.29 is 4.42 Å². The number of furan rings is 1. The minimum Gasteiger partial charge on any atom is -0.456 e. The van der Waals surface area contributed by atoms with Crippen molar-refractivity contribution >= 4 is 70.5 Å². The summed E-state index contributed by atoms with van der Waals surface area (Å²) in [6.45, 7) is 0. The summed E-state index contributed by atoms with van der Waals surface area (Å²) in [6.07, 6.45) is 0. The van der Waals surface area contributed by atoms with Gasteiger partial charge in [-0.1, -0.05) is 158 Å². The van der Waals surface area contributed by atoms with Crippen LogP contribution in [0.1, 0.15) is 0 Å². The standard InChI is InChI=1S/C54H35NOS/c1-2-15-37(16-3-1)40-17-4-5-18-41(40)42-19-6-7-20-43(42)44-21-8-11-24-48(44)55(49-25-14-27-51-54(49)46-23-9-12-26-50(46)56-51)39-32-29-36(30-33-39)38-31-34-53-47(35-38)45-22-10-13-28-52(45)57-53/h1-35H. The second kappa shape index (κ2) is 13.8. The minimum absolute atomic E-state index is 0.862. The second-order valence-corrected chi connectivity index (χ2v) is 15.5. The van der Waals surface area contributed by atoms with Gasteiger partial charge < -0.3 is 9.32 Å². The van der Waals surface area contributed by atoms with Gasteiger partial charge in [0.2, 0.25) is 0 Å². The van der Waals surface area contributed by atoms with Gasteiger partial charge in [0, 0.05) is 36.8 Å². The molecule has 0 amide bonds. The molecule has 0 aliphatic heterocycles. The Labute approximate surface area is 335 Å². The monoisotopic (exact) mass is 745 g/mol. The molecule has 0 unspecified atom stereocenters. The molecule has 2 nitrogen and oxygen atoms in total. The molecule has 0 N–H and O–H groups in total. The number of hydrogen-bond donors (Lipinski definition) is 0. The topological polar surface area (TPSA) is 16.4 Å². The fourth-order valence-electron chi connectivity index (χ4n) is 8.50. The molecule has 0 bridgehead atoms. The third-order valence-corrected chi connectivity index (χ3v) is 12.3. The Bertz CT molecular complexity index is 3250. The van der Waals surface area contributed by atoms with Gasteiger partial charge in [0.1, 0.15) is 11.2 Å². The summed E-state index contributed by atoms with van der Waals surface area (Å²) < 4.78 is 9.10. The van der Waals surface area contributed by atoms with E-state index in [0.717, 1.165) is 44.6 Å². The molecule has 0 radical (unpaired) electrons. The van der Waals surface area contributed by atoms with Gasteiger partial charge in [-0.2, -0.15) is 0 Å². The molecule has 2 aromatic heterocycles. The first kappa shape index (κ1) is 33.2. The van der Waals surface area contributed by atoms with Crippen molar-refractivity contribution in [3.63, 3.8) is 0 Å². The Morgan fingerprint density at radius 3 is 1.70 bits per heavy atom. The first-order valence-electron chi connectivity index (χ1n) is 19.3. The molecule has 0 aliphatic carbocycles. The number of rotatable bonds is 7. The lowest BCUT2D eigenvalue weighted by Crippen LogP contribution is -2.11. The Morgan fingerprint density at radius 1 is 0.333 bits per heavy atom. The molecule has 2 heterocycles. The molecule has 0 fully saturated rings. The highest BCUT2D eigenvalue weighted by molar-refractivity contribution is 7.25. The molecule has 0 aliphatic rings. The van der Waals surface area contributed by atoms with E-state index in [-0.39, 0.29) is 0 Å². The zero-order chi connectivity index (χ0) is 37.7. The summed E-state index contributed by atoms with van der Waals surface area (Å²) in [5.74, 6) is 0. The Kier molecular flexibility index (Phi) is 8.04. The number of anilines is 3. The van der Waals surface area contributed by atoms with E-state index in [1.165, 1.54) is 59.1 Å². The lowest BCUT2D eigenvalue weighted by atomic mass is 9.88. The fraction of sp³-hybridized carbons (Fsp3) is 0. The molecule has 0 atom stereocenters. The summed E-state index contributed by atoms with van der Waals surface area (Å²) in [4.78, 5) is 2.42. The fourth-order valence-corrected chi connectivity index (χ4v) is 9.58. The van der Waals surface area contributed by atoms with Crippen LogP contribution in [-0.2, 0) is 0 Å². The molecule has 3 heteroatoms. The first-order valence-corrected chi connectivity index (χ1v) is 20.2. The molecule has 9 aromatic carbocycles. The molecule has 0 saturated heterocycles. The predicted octanol–water partition coefficient (Wildman–Crippen LogP) is 16.1. The summed E-state index contributed by atoms with van der Waals surface area (Å²) in [6, 6.07) is 76.4. The van der Waals surface area contributed by atoms with Crippen LogP contribution in [0.3, 0.4) is 0 Å². The average molecular weight is 746 g/mol. The van der Waals surface area contributed by atoms with Crippen LogP contribution in [0.15, 0.2) is 217 Å².